The Bertz CT molecular complexity index is 1090. The number of esters is 1. The normalized spacial score (nSPS) is 10.6. The molecule has 0 radical (unpaired) electrons. The lowest BCUT2D eigenvalue weighted by Crippen LogP contribution is -2.09. The van der Waals surface area contributed by atoms with Gasteiger partial charge in [0.25, 0.3) is 0 Å². The van der Waals surface area contributed by atoms with E-state index in [0.29, 0.717) is 22.6 Å². The number of rotatable bonds is 7. The fourth-order valence-electron chi connectivity index (χ4n) is 2.66. The van der Waals surface area contributed by atoms with E-state index in [2.05, 4.69) is 15.9 Å². The first kappa shape index (κ1) is 21.3. The molecule has 0 saturated carbocycles. The van der Waals surface area contributed by atoms with E-state index in [0.717, 1.165) is 10.0 Å². The summed E-state index contributed by atoms with van der Waals surface area (Å²) in [6.45, 7) is 0. The molecule has 0 heterocycles. The molecule has 0 spiro atoms. The van der Waals surface area contributed by atoms with Crippen LogP contribution in [0.15, 0.2) is 77.3 Å². The van der Waals surface area contributed by atoms with Crippen molar-refractivity contribution in [1.29, 1.82) is 0 Å². The zero-order valence-electron chi connectivity index (χ0n) is 16.4. The predicted molar refractivity (Wildman–Crippen MR) is 118 cm³/mol. The van der Waals surface area contributed by atoms with Gasteiger partial charge in [0.15, 0.2) is 17.3 Å². The Morgan fingerprint density at radius 3 is 2.30 bits per heavy atom. The van der Waals surface area contributed by atoms with E-state index < -0.39 is 5.97 Å². The van der Waals surface area contributed by atoms with Gasteiger partial charge in [0.1, 0.15) is 5.75 Å². The van der Waals surface area contributed by atoms with E-state index in [1.165, 1.54) is 20.3 Å². The maximum atomic E-state index is 12.4. The summed E-state index contributed by atoms with van der Waals surface area (Å²) in [6, 6.07) is 18.9. The maximum absolute atomic E-state index is 12.4. The molecule has 0 aliphatic carbocycles. The molecular formula is C24H19BrO5. The Hall–Kier alpha value is -3.38. The number of halogens is 1. The molecule has 3 rings (SSSR count). The van der Waals surface area contributed by atoms with Gasteiger partial charge in [0, 0.05) is 10.0 Å². The molecule has 3 aromatic rings. The Kier molecular flexibility index (Phi) is 7.03. The van der Waals surface area contributed by atoms with Crippen molar-refractivity contribution in [2.45, 2.75) is 0 Å². The average molecular weight is 467 g/mol. The molecule has 0 atom stereocenters. The molecule has 0 N–H and O–H groups in total. The molecule has 0 amide bonds. The molecule has 30 heavy (non-hydrogen) atoms. The van der Waals surface area contributed by atoms with Crippen LogP contribution in [0.5, 0.6) is 17.2 Å². The molecule has 3 aromatic carbocycles. The first-order valence-electron chi connectivity index (χ1n) is 9.02. The van der Waals surface area contributed by atoms with Crippen LogP contribution in [0.1, 0.15) is 26.3 Å². The fourth-order valence-corrected chi connectivity index (χ4v) is 2.93. The number of hydrogen-bond donors (Lipinski definition) is 0. The Balaban J connectivity index is 1.75. The van der Waals surface area contributed by atoms with Crippen LogP contribution >= 0.6 is 15.9 Å². The molecule has 152 valence electrons. The van der Waals surface area contributed by atoms with E-state index in [1.54, 1.807) is 60.7 Å². The smallest absolute Gasteiger partial charge is 0.343 e. The summed E-state index contributed by atoms with van der Waals surface area (Å²) in [7, 11) is 3.01. The molecule has 0 aromatic heterocycles. The van der Waals surface area contributed by atoms with Crippen LogP contribution < -0.4 is 14.2 Å². The van der Waals surface area contributed by atoms with Crippen molar-refractivity contribution in [2.24, 2.45) is 0 Å². The number of ether oxygens (including phenoxy) is 3. The van der Waals surface area contributed by atoms with Gasteiger partial charge >= 0.3 is 5.97 Å². The molecule has 0 saturated heterocycles. The second kappa shape index (κ2) is 9.89. The minimum absolute atomic E-state index is 0.116. The van der Waals surface area contributed by atoms with Crippen molar-refractivity contribution in [3.8, 4) is 17.2 Å². The van der Waals surface area contributed by atoms with Crippen LogP contribution in [0.4, 0.5) is 0 Å². The summed E-state index contributed by atoms with van der Waals surface area (Å²) in [5.41, 5.74) is 1.68. The van der Waals surface area contributed by atoms with Gasteiger partial charge < -0.3 is 14.2 Å². The SMILES string of the molecule is COc1cccc(C(=O)Oc2ccc(C=CC(=O)c3ccc(Br)cc3)cc2OC)c1. The van der Waals surface area contributed by atoms with E-state index in [1.807, 2.05) is 12.1 Å². The molecular weight excluding hydrogens is 448 g/mol. The highest BCUT2D eigenvalue weighted by atomic mass is 79.9. The third-order valence-corrected chi connectivity index (χ3v) is 4.78. The largest absolute Gasteiger partial charge is 0.497 e. The van der Waals surface area contributed by atoms with Gasteiger partial charge in [-0.3, -0.25) is 4.79 Å². The van der Waals surface area contributed by atoms with Crippen molar-refractivity contribution >= 4 is 33.8 Å². The second-order valence-electron chi connectivity index (χ2n) is 6.24. The van der Waals surface area contributed by atoms with Gasteiger partial charge in [-0.1, -0.05) is 34.1 Å². The highest BCUT2D eigenvalue weighted by molar-refractivity contribution is 9.10. The zero-order chi connectivity index (χ0) is 21.5. The molecule has 0 aliphatic rings. The van der Waals surface area contributed by atoms with Crippen LogP contribution in [0.3, 0.4) is 0 Å². The van der Waals surface area contributed by atoms with Gasteiger partial charge in [0.05, 0.1) is 19.8 Å². The number of hydrogen-bond acceptors (Lipinski definition) is 5. The van der Waals surface area contributed by atoms with Crippen molar-refractivity contribution in [3.05, 3.63) is 94.0 Å². The molecule has 0 aliphatic heterocycles. The predicted octanol–water partition coefficient (Wildman–Crippen LogP) is 5.58. The summed E-state index contributed by atoms with van der Waals surface area (Å²) < 4.78 is 16.9. The Morgan fingerprint density at radius 1 is 0.833 bits per heavy atom. The lowest BCUT2D eigenvalue weighted by molar-refractivity contribution is 0.0729. The number of benzene rings is 3. The molecule has 6 heteroatoms. The van der Waals surface area contributed by atoms with Crippen LogP contribution in [0.2, 0.25) is 0 Å². The van der Waals surface area contributed by atoms with E-state index >= 15 is 0 Å². The van der Waals surface area contributed by atoms with E-state index in [9.17, 15) is 9.59 Å². The third kappa shape index (κ3) is 5.36. The van der Waals surface area contributed by atoms with Crippen molar-refractivity contribution in [2.75, 3.05) is 14.2 Å². The molecule has 0 bridgehead atoms. The average Bonchev–Trinajstić information content (AvgIpc) is 2.78. The molecule has 5 nitrogen and oxygen atoms in total. The van der Waals surface area contributed by atoms with Crippen LogP contribution in [0, 0.1) is 0 Å². The number of ketones is 1. The van der Waals surface area contributed by atoms with Gasteiger partial charge in [0.2, 0.25) is 0 Å². The van der Waals surface area contributed by atoms with Gasteiger partial charge in [-0.2, -0.15) is 0 Å². The minimum atomic E-state index is -0.527. The van der Waals surface area contributed by atoms with Crippen molar-refractivity contribution < 1.29 is 23.8 Å². The summed E-state index contributed by atoms with van der Waals surface area (Å²) in [5.74, 6) is 0.578. The monoisotopic (exact) mass is 466 g/mol. The summed E-state index contributed by atoms with van der Waals surface area (Å²) in [5, 5.41) is 0. The number of allylic oxidation sites excluding steroid dienone is 1. The van der Waals surface area contributed by atoms with Gasteiger partial charge in [-0.05, 0) is 66.2 Å². The molecule has 0 fully saturated rings. The molecule has 0 unspecified atom stereocenters. The first-order valence-corrected chi connectivity index (χ1v) is 9.81. The van der Waals surface area contributed by atoms with Gasteiger partial charge in [-0.15, -0.1) is 0 Å². The Morgan fingerprint density at radius 2 is 1.60 bits per heavy atom. The summed E-state index contributed by atoms with van der Waals surface area (Å²) in [4.78, 5) is 24.7. The number of methoxy groups -OCH3 is 2. The van der Waals surface area contributed by atoms with Crippen molar-refractivity contribution in [3.63, 3.8) is 0 Å². The lowest BCUT2D eigenvalue weighted by Gasteiger charge is -2.10. The zero-order valence-corrected chi connectivity index (χ0v) is 18.0. The fraction of sp³-hybridized carbons (Fsp3) is 0.0833. The van der Waals surface area contributed by atoms with Gasteiger partial charge in [-0.25, -0.2) is 4.79 Å². The number of carbonyl (C=O) groups excluding carboxylic acids is 2. The van der Waals surface area contributed by atoms with E-state index in [-0.39, 0.29) is 11.5 Å². The van der Waals surface area contributed by atoms with Crippen LogP contribution in [-0.2, 0) is 0 Å². The highest BCUT2D eigenvalue weighted by Crippen LogP contribution is 2.29. The third-order valence-electron chi connectivity index (χ3n) is 4.25. The number of carbonyl (C=O) groups is 2. The first-order chi connectivity index (χ1) is 14.5. The van der Waals surface area contributed by atoms with Crippen LogP contribution in [-0.4, -0.2) is 26.0 Å². The lowest BCUT2D eigenvalue weighted by atomic mass is 10.1. The second-order valence-corrected chi connectivity index (χ2v) is 7.15. The highest BCUT2D eigenvalue weighted by Gasteiger charge is 2.13. The summed E-state index contributed by atoms with van der Waals surface area (Å²) in [6.07, 6.45) is 3.17. The summed E-state index contributed by atoms with van der Waals surface area (Å²) >= 11 is 3.35. The maximum Gasteiger partial charge on any atom is 0.343 e. The standard InChI is InChI=1S/C24H19BrO5/c1-28-20-5-3-4-18(15-20)24(27)30-22-13-7-16(14-23(22)29-2)6-12-21(26)17-8-10-19(25)11-9-17/h3-15H,1-2H3. The minimum Gasteiger partial charge on any atom is -0.497 e. The Labute approximate surface area is 183 Å². The quantitative estimate of drug-likeness (QED) is 0.197. The topological polar surface area (TPSA) is 61.8 Å². The van der Waals surface area contributed by atoms with E-state index in [4.69, 9.17) is 14.2 Å². The van der Waals surface area contributed by atoms with Crippen LogP contribution in [0.25, 0.3) is 6.08 Å². The van der Waals surface area contributed by atoms with Crippen molar-refractivity contribution in [1.82, 2.24) is 0 Å².